The minimum Gasteiger partial charge on any atom is -0.293 e. The first kappa shape index (κ1) is 38.2. The molecule has 0 amide bonds. The van der Waals surface area contributed by atoms with E-state index in [2.05, 4.69) is 9.97 Å². The topological polar surface area (TPSA) is 121 Å². The van der Waals surface area contributed by atoms with Gasteiger partial charge in [0.05, 0.1) is 33.9 Å². The van der Waals surface area contributed by atoms with Crippen LogP contribution < -0.4 is 0 Å². The van der Waals surface area contributed by atoms with E-state index in [-0.39, 0.29) is 54.1 Å². The van der Waals surface area contributed by atoms with Gasteiger partial charge in [0.2, 0.25) is 0 Å². The lowest BCUT2D eigenvalue weighted by molar-refractivity contribution is -0.138. The highest BCUT2D eigenvalue weighted by molar-refractivity contribution is 8.27. The Morgan fingerprint density at radius 2 is 0.865 bits per heavy atom. The predicted octanol–water partition coefficient (Wildman–Crippen LogP) is 11.3. The van der Waals surface area contributed by atoms with Crippen LogP contribution in [0.1, 0.15) is 60.0 Å². The predicted molar refractivity (Wildman–Crippen MR) is 197 cm³/mol. The normalized spacial score (nSPS) is 12.0. The smallest absolute Gasteiger partial charge is 0.293 e. The first-order chi connectivity index (χ1) is 24.3. The van der Waals surface area contributed by atoms with Crippen LogP contribution in [0.15, 0.2) is 103 Å². The van der Waals surface area contributed by atoms with Crippen LogP contribution in [0.25, 0.3) is 22.5 Å². The number of alkyl halides is 6. The van der Waals surface area contributed by atoms with Crippen LogP contribution in [-0.2, 0) is 17.8 Å². The van der Waals surface area contributed by atoms with Gasteiger partial charge in [-0.25, -0.2) is 9.97 Å². The van der Waals surface area contributed by atoms with Crippen molar-refractivity contribution in [2.24, 2.45) is 0 Å². The first-order valence-corrected chi connectivity index (χ1v) is 17.1. The number of hydrogen-bond acceptors (Lipinski definition) is 8. The van der Waals surface area contributed by atoms with Crippen molar-refractivity contribution >= 4 is 43.7 Å². The molecule has 2 aromatic heterocycles. The van der Waals surface area contributed by atoms with Gasteiger partial charge in [0.25, 0.3) is 0 Å². The third-order valence-corrected chi connectivity index (χ3v) is 9.37. The number of thioether (sulfide) groups is 2. The molecule has 0 fully saturated rings. The van der Waals surface area contributed by atoms with E-state index in [0.717, 1.165) is 53.4 Å². The Labute approximate surface area is 304 Å². The van der Waals surface area contributed by atoms with E-state index in [1.54, 1.807) is 42.5 Å². The standard InChI is InChI=1S/C38H30F6N6S2/c1-36(2,3)27-19-23(32(45)51-34(47)30-14-6-12-28(49-30)21-8-4-10-25(17-21)37(39,40)41)16-24(20-27)33(46)52-35(48)31-15-7-13-29(50-31)22-9-5-11-26(18-22)38(42,43)44/h4-20,45-48H,1-3H3. The van der Waals surface area contributed by atoms with Crippen LogP contribution in [0.2, 0.25) is 0 Å². The van der Waals surface area contributed by atoms with Crippen molar-refractivity contribution in [2.75, 3.05) is 0 Å². The molecule has 0 spiro atoms. The summed E-state index contributed by atoms with van der Waals surface area (Å²) in [5.41, 5.74) is 0.765. The maximum absolute atomic E-state index is 13.3. The van der Waals surface area contributed by atoms with Crippen molar-refractivity contribution in [1.82, 2.24) is 9.97 Å². The van der Waals surface area contributed by atoms with Gasteiger partial charge in [-0.15, -0.1) is 0 Å². The van der Waals surface area contributed by atoms with Crippen molar-refractivity contribution in [1.29, 1.82) is 21.6 Å². The third-order valence-electron chi connectivity index (χ3n) is 7.67. The fourth-order valence-electron chi connectivity index (χ4n) is 4.90. The summed E-state index contributed by atoms with van der Waals surface area (Å²) >= 11 is 1.59. The fourth-order valence-corrected chi connectivity index (χ4v) is 6.22. The highest BCUT2D eigenvalue weighted by Gasteiger charge is 2.31. The molecule has 266 valence electrons. The molecule has 0 saturated carbocycles. The van der Waals surface area contributed by atoms with Crippen molar-refractivity contribution in [2.45, 2.75) is 38.5 Å². The summed E-state index contributed by atoms with van der Waals surface area (Å²) in [6.07, 6.45) is -9.06. The molecule has 0 aliphatic rings. The first-order valence-electron chi connectivity index (χ1n) is 15.5. The molecule has 6 nitrogen and oxygen atoms in total. The van der Waals surface area contributed by atoms with Crippen LogP contribution >= 0.6 is 23.5 Å². The third kappa shape index (κ3) is 9.22. The minimum atomic E-state index is -4.53. The Kier molecular flexibility index (Phi) is 10.9. The van der Waals surface area contributed by atoms with Crippen LogP contribution in [0, 0.1) is 21.6 Å². The van der Waals surface area contributed by atoms with Gasteiger partial charge in [-0.1, -0.05) is 57.2 Å². The number of nitrogens with zero attached hydrogens (tertiary/aromatic N) is 2. The summed E-state index contributed by atoms with van der Waals surface area (Å²) in [5, 5.41) is 34.8. The zero-order valence-electron chi connectivity index (χ0n) is 27.8. The van der Waals surface area contributed by atoms with E-state index < -0.39 is 28.9 Å². The molecule has 14 heteroatoms. The minimum absolute atomic E-state index is 0.0352. The second kappa shape index (κ2) is 14.9. The lowest BCUT2D eigenvalue weighted by Crippen LogP contribution is -2.14. The summed E-state index contributed by atoms with van der Waals surface area (Å²) in [7, 11) is 0. The van der Waals surface area contributed by atoms with Crippen molar-refractivity contribution in [3.05, 3.63) is 142 Å². The zero-order chi connectivity index (χ0) is 38.0. The Hall–Kier alpha value is -5.08. The number of nitrogens with one attached hydrogen (secondary N) is 4. The number of pyridine rings is 2. The fraction of sp³-hybridized carbons (Fsp3) is 0.158. The molecular weight excluding hydrogens is 719 g/mol. The van der Waals surface area contributed by atoms with Gasteiger partial charge in [0.1, 0.15) is 20.2 Å². The van der Waals surface area contributed by atoms with Gasteiger partial charge in [-0.3, -0.25) is 21.6 Å². The number of rotatable bonds is 6. The molecule has 5 rings (SSSR count). The average molecular weight is 749 g/mol. The second-order valence-corrected chi connectivity index (χ2v) is 14.6. The summed E-state index contributed by atoms with van der Waals surface area (Å²) in [6.45, 7) is 5.87. The van der Waals surface area contributed by atoms with Gasteiger partial charge in [-0.2, -0.15) is 26.3 Å². The largest absolute Gasteiger partial charge is 0.416 e. The van der Waals surface area contributed by atoms with Crippen LogP contribution in [0.3, 0.4) is 0 Å². The highest BCUT2D eigenvalue weighted by Crippen LogP contribution is 2.34. The summed E-state index contributed by atoms with van der Waals surface area (Å²) in [5.74, 6) is 0. The van der Waals surface area contributed by atoms with Gasteiger partial charge in [-0.05, 0) is 101 Å². The molecule has 0 aliphatic carbocycles. The van der Waals surface area contributed by atoms with E-state index >= 15 is 0 Å². The van der Waals surface area contributed by atoms with E-state index in [1.807, 2.05) is 20.8 Å². The average Bonchev–Trinajstić information content (AvgIpc) is 3.10. The number of halogens is 6. The van der Waals surface area contributed by atoms with Crippen molar-refractivity contribution < 1.29 is 26.3 Å². The Morgan fingerprint density at radius 1 is 0.481 bits per heavy atom. The summed E-state index contributed by atoms with van der Waals surface area (Å²) in [4.78, 5) is 8.78. The van der Waals surface area contributed by atoms with E-state index in [0.29, 0.717) is 11.1 Å². The second-order valence-electron chi connectivity index (χ2n) is 12.5. The molecule has 0 radical (unpaired) electrons. The SMILES string of the molecule is CC(C)(C)c1cc(C(=N)SC(=N)c2cccc(-c3cccc(C(F)(F)F)c3)n2)cc(C(=N)SC(=N)c2cccc(-c3cccc(C(F)(F)F)c3)n2)c1. The van der Waals surface area contributed by atoms with Crippen LogP contribution in [-0.4, -0.2) is 30.1 Å². The maximum Gasteiger partial charge on any atom is 0.416 e. The lowest BCUT2D eigenvalue weighted by Gasteiger charge is -2.21. The molecule has 5 aromatic rings. The Bertz CT molecular complexity index is 2060. The highest BCUT2D eigenvalue weighted by atomic mass is 32.2. The molecule has 52 heavy (non-hydrogen) atoms. The van der Waals surface area contributed by atoms with E-state index in [4.69, 9.17) is 21.6 Å². The molecule has 0 bridgehead atoms. The molecule has 4 N–H and O–H groups in total. The van der Waals surface area contributed by atoms with Crippen molar-refractivity contribution in [3.63, 3.8) is 0 Å². The zero-order valence-corrected chi connectivity index (χ0v) is 29.4. The number of hydrogen-bond donors (Lipinski definition) is 4. The van der Waals surface area contributed by atoms with Gasteiger partial charge in [0.15, 0.2) is 0 Å². The Morgan fingerprint density at radius 3 is 1.23 bits per heavy atom. The molecule has 3 aromatic carbocycles. The van der Waals surface area contributed by atoms with Gasteiger partial charge in [0, 0.05) is 22.3 Å². The summed E-state index contributed by atoms with van der Waals surface area (Å²) < 4.78 is 79.8. The number of aromatic nitrogens is 2. The number of benzene rings is 3. The molecule has 0 atom stereocenters. The Balaban J connectivity index is 1.36. The quantitative estimate of drug-likeness (QED) is 0.0784. The van der Waals surface area contributed by atoms with Crippen LogP contribution in [0.5, 0.6) is 0 Å². The molecule has 0 saturated heterocycles. The van der Waals surface area contributed by atoms with Gasteiger partial charge < -0.3 is 0 Å². The lowest BCUT2D eigenvalue weighted by atomic mass is 9.85. The molecule has 0 aliphatic heterocycles. The van der Waals surface area contributed by atoms with Gasteiger partial charge >= 0.3 is 12.4 Å². The van der Waals surface area contributed by atoms with Crippen LogP contribution in [0.4, 0.5) is 26.3 Å². The monoisotopic (exact) mass is 748 g/mol. The summed E-state index contributed by atoms with van der Waals surface area (Å²) in [6, 6.07) is 23.9. The van der Waals surface area contributed by atoms with E-state index in [1.165, 1.54) is 36.4 Å². The molecule has 2 heterocycles. The molecule has 0 unspecified atom stereocenters. The molecular formula is C38H30F6N6S2. The maximum atomic E-state index is 13.3. The van der Waals surface area contributed by atoms with Crippen molar-refractivity contribution in [3.8, 4) is 22.5 Å². The van der Waals surface area contributed by atoms with E-state index in [9.17, 15) is 26.3 Å².